The Morgan fingerprint density at radius 1 is 1.42 bits per heavy atom. The van der Waals surface area contributed by atoms with Crippen LogP contribution in [-0.2, 0) is 11.3 Å². The van der Waals surface area contributed by atoms with Gasteiger partial charge in [0.15, 0.2) is 5.96 Å². The van der Waals surface area contributed by atoms with Crippen molar-refractivity contribution in [2.75, 3.05) is 41.0 Å². The number of aryl methyl sites for hydroxylation is 1. The number of guanidine groups is 1. The maximum absolute atomic E-state index is 5.47. The zero-order valence-electron chi connectivity index (χ0n) is 15.3. The monoisotopic (exact) mass is 448 g/mol. The highest BCUT2D eigenvalue weighted by atomic mass is 127. The number of aliphatic imine (C=N–C) groups is 1. The van der Waals surface area contributed by atoms with E-state index in [0.29, 0.717) is 12.5 Å². The highest BCUT2D eigenvalue weighted by molar-refractivity contribution is 14.0. The molecule has 0 amide bonds. The summed E-state index contributed by atoms with van der Waals surface area (Å²) in [5.74, 6) is 2.41. The van der Waals surface area contributed by atoms with E-state index in [4.69, 9.17) is 9.47 Å². The molecule has 0 spiro atoms. The molecule has 1 atom stereocenters. The summed E-state index contributed by atoms with van der Waals surface area (Å²) in [4.78, 5) is 11.2. The Balaban J connectivity index is 0.00000288. The fraction of sp³-hybridized carbons (Fsp3) is 0.647. The Hall–Kier alpha value is -1.09. The number of halogens is 1. The van der Waals surface area contributed by atoms with Crippen molar-refractivity contribution < 1.29 is 9.47 Å². The van der Waals surface area contributed by atoms with Gasteiger partial charge < -0.3 is 19.7 Å². The Morgan fingerprint density at radius 2 is 2.17 bits per heavy atom. The quantitative estimate of drug-likeness (QED) is 0.426. The van der Waals surface area contributed by atoms with E-state index in [0.717, 1.165) is 54.6 Å². The molecule has 136 valence electrons. The molecule has 24 heavy (non-hydrogen) atoms. The van der Waals surface area contributed by atoms with Crippen molar-refractivity contribution in [3.8, 4) is 5.75 Å². The molecular formula is C17H29IN4O2. The molecule has 2 rings (SSSR count). The summed E-state index contributed by atoms with van der Waals surface area (Å²) < 4.78 is 10.7. The van der Waals surface area contributed by atoms with Gasteiger partial charge in [0.05, 0.1) is 26.0 Å². The van der Waals surface area contributed by atoms with Gasteiger partial charge in [-0.15, -0.1) is 24.0 Å². The molecule has 7 heteroatoms. The second-order valence-corrected chi connectivity index (χ2v) is 6.00. The lowest BCUT2D eigenvalue weighted by Gasteiger charge is -2.22. The fourth-order valence-corrected chi connectivity index (χ4v) is 3.14. The van der Waals surface area contributed by atoms with Gasteiger partial charge in [-0.2, -0.15) is 0 Å². The smallest absolute Gasteiger partial charge is 0.193 e. The third-order valence-electron chi connectivity index (χ3n) is 4.36. The normalized spacial score (nSPS) is 17.6. The molecule has 1 N–H and O–H groups in total. The van der Waals surface area contributed by atoms with Gasteiger partial charge in [-0.05, 0) is 20.3 Å². The summed E-state index contributed by atoms with van der Waals surface area (Å²) in [7, 11) is 5.28. The van der Waals surface area contributed by atoms with Gasteiger partial charge in [0.25, 0.3) is 0 Å². The first-order valence-corrected chi connectivity index (χ1v) is 8.04. The average molecular weight is 448 g/mol. The number of rotatable bonds is 5. The van der Waals surface area contributed by atoms with E-state index in [1.165, 1.54) is 0 Å². The van der Waals surface area contributed by atoms with Crippen molar-refractivity contribution in [3.63, 3.8) is 0 Å². The molecule has 0 aromatic carbocycles. The fourth-order valence-electron chi connectivity index (χ4n) is 3.14. The standard InChI is InChI=1S/C17H28N4O2.HI/c1-12-8-19-15(13(2)16(12)23-5)9-20-17(18-3)21-7-6-14(10-21)11-22-4;/h8,14H,6-7,9-11H2,1-5H3,(H,18,20);1H. The first-order chi connectivity index (χ1) is 11.1. The van der Waals surface area contributed by atoms with Gasteiger partial charge in [0.1, 0.15) is 5.75 Å². The largest absolute Gasteiger partial charge is 0.496 e. The SMILES string of the molecule is CN=C(NCc1ncc(C)c(OC)c1C)N1CCC(COC)C1.I. The summed E-state index contributed by atoms with van der Waals surface area (Å²) in [6.45, 7) is 7.50. The molecule has 1 saturated heterocycles. The third-order valence-corrected chi connectivity index (χ3v) is 4.36. The predicted octanol–water partition coefficient (Wildman–Crippen LogP) is 2.37. The van der Waals surface area contributed by atoms with Crippen LogP contribution < -0.4 is 10.1 Å². The number of nitrogens with one attached hydrogen (secondary N) is 1. The van der Waals surface area contributed by atoms with E-state index >= 15 is 0 Å². The average Bonchev–Trinajstić information content (AvgIpc) is 2.99. The van der Waals surface area contributed by atoms with Gasteiger partial charge in [0, 0.05) is 50.5 Å². The topological polar surface area (TPSA) is 59.0 Å². The van der Waals surface area contributed by atoms with Crippen LogP contribution in [0.4, 0.5) is 0 Å². The molecule has 1 aliphatic rings. The molecule has 1 unspecified atom stereocenters. The summed E-state index contributed by atoms with van der Waals surface area (Å²) in [5.41, 5.74) is 3.12. The van der Waals surface area contributed by atoms with Crippen molar-refractivity contribution in [2.45, 2.75) is 26.8 Å². The van der Waals surface area contributed by atoms with Gasteiger partial charge in [-0.1, -0.05) is 0 Å². The highest BCUT2D eigenvalue weighted by Crippen LogP contribution is 2.24. The highest BCUT2D eigenvalue weighted by Gasteiger charge is 2.24. The molecule has 0 radical (unpaired) electrons. The van der Waals surface area contributed by atoms with Crippen LogP contribution in [0.3, 0.4) is 0 Å². The molecule has 1 aromatic heterocycles. The number of aromatic nitrogens is 1. The Kier molecular flexibility index (Phi) is 8.75. The van der Waals surface area contributed by atoms with E-state index < -0.39 is 0 Å². The van der Waals surface area contributed by atoms with Gasteiger partial charge >= 0.3 is 0 Å². The van der Waals surface area contributed by atoms with Crippen molar-refractivity contribution in [2.24, 2.45) is 10.9 Å². The molecule has 0 aliphatic carbocycles. The minimum Gasteiger partial charge on any atom is -0.496 e. The maximum atomic E-state index is 5.47. The van der Waals surface area contributed by atoms with Crippen molar-refractivity contribution in [1.82, 2.24) is 15.2 Å². The van der Waals surface area contributed by atoms with Gasteiger partial charge in [-0.3, -0.25) is 9.98 Å². The van der Waals surface area contributed by atoms with Crippen LogP contribution >= 0.6 is 24.0 Å². The number of likely N-dealkylation sites (tertiary alicyclic amines) is 1. The molecular weight excluding hydrogens is 419 g/mol. The number of nitrogens with zero attached hydrogens (tertiary/aromatic N) is 3. The van der Waals surface area contributed by atoms with Gasteiger partial charge in [-0.25, -0.2) is 0 Å². The van der Waals surface area contributed by atoms with E-state index in [-0.39, 0.29) is 24.0 Å². The number of ether oxygens (including phenoxy) is 2. The summed E-state index contributed by atoms with van der Waals surface area (Å²) in [6.07, 6.45) is 3.00. The van der Waals surface area contributed by atoms with E-state index in [1.807, 2.05) is 27.1 Å². The molecule has 1 aliphatic heterocycles. The Labute approximate surface area is 162 Å². The summed E-state index contributed by atoms with van der Waals surface area (Å²) in [5, 5.41) is 3.42. The third kappa shape index (κ3) is 4.95. The number of pyridine rings is 1. The van der Waals surface area contributed by atoms with Crippen molar-refractivity contribution in [3.05, 3.63) is 23.0 Å². The molecule has 2 heterocycles. The lowest BCUT2D eigenvalue weighted by molar-refractivity contribution is 0.157. The Morgan fingerprint density at radius 3 is 2.79 bits per heavy atom. The lowest BCUT2D eigenvalue weighted by Crippen LogP contribution is -2.40. The number of hydrogen-bond donors (Lipinski definition) is 1. The Bertz CT molecular complexity index is 566. The van der Waals surface area contributed by atoms with Crippen LogP contribution in [0.1, 0.15) is 23.2 Å². The first-order valence-electron chi connectivity index (χ1n) is 8.04. The van der Waals surface area contributed by atoms with Crippen LogP contribution in [0.5, 0.6) is 5.75 Å². The van der Waals surface area contributed by atoms with Crippen LogP contribution in [0.15, 0.2) is 11.2 Å². The summed E-state index contributed by atoms with van der Waals surface area (Å²) in [6, 6.07) is 0. The zero-order chi connectivity index (χ0) is 16.8. The maximum Gasteiger partial charge on any atom is 0.193 e. The summed E-state index contributed by atoms with van der Waals surface area (Å²) >= 11 is 0. The second-order valence-electron chi connectivity index (χ2n) is 6.00. The van der Waals surface area contributed by atoms with E-state index in [2.05, 4.69) is 20.2 Å². The first kappa shape index (κ1) is 21.0. The van der Waals surface area contributed by atoms with E-state index in [1.54, 1.807) is 14.2 Å². The predicted molar refractivity (Wildman–Crippen MR) is 107 cm³/mol. The van der Waals surface area contributed by atoms with Crippen molar-refractivity contribution in [1.29, 1.82) is 0 Å². The van der Waals surface area contributed by atoms with Crippen LogP contribution in [0.2, 0.25) is 0 Å². The second kappa shape index (κ2) is 10.0. The molecule has 0 saturated carbocycles. The van der Waals surface area contributed by atoms with E-state index in [9.17, 15) is 0 Å². The lowest BCUT2D eigenvalue weighted by atomic mass is 10.1. The zero-order valence-corrected chi connectivity index (χ0v) is 17.6. The molecule has 6 nitrogen and oxygen atoms in total. The van der Waals surface area contributed by atoms with Crippen molar-refractivity contribution >= 4 is 29.9 Å². The number of methoxy groups -OCH3 is 2. The minimum atomic E-state index is 0. The van der Waals surface area contributed by atoms with Crippen LogP contribution in [0, 0.1) is 19.8 Å². The van der Waals surface area contributed by atoms with Crippen LogP contribution in [0.25, 0.3) is 0 Å². The molecule has 1 aromatic rings. The molecule has 1 fully saturated rings. The molecule has 0 bridgehead atoms. The van der Waals surface area contributed by atoms with Gasteiger partial charge in [0.2, 0.25) is 0 Å². The van der Waals surface area contributed by atoms with Crippen LogP contribution in [-0.4, -0.2) is 56.8 Å². The minimum absolute atomic E-state index is 0. The number of hydrogen-bond acceptors (Lipinski definition) is 4.